The van der Waals surface area contributed by atoms with E-state index in [4.69, 9.17) is 9.52 Å². The number of aromatic carboxylic acids is 1. The van der Waals surface area contributed by atoms with Gasteiger partial charge in [0.25, 0.3) is 0 Å². The van der Waals surface area contributed by atoms with Crippen LogP contribution < -0.4 is 0 Å². The lowest BCUT2D eigenvalue weighted by molar-refractivity contribution is 0.0660. The van der Waals surface area contributed by atoms with Crippen LogP contribution in [0, 0.1) is 13.8 Å². The van der Waals surface area contributed by atoms with Crippen molar-refractivity contribution < 1.29 is 19.1 Å². The minimum Gasteiger partial charge on any atom is -0.475 e. The maximum Gasteiger partial charge on any atom is 0.371 e. The number of carboxylic acid groups (broad SMARTS) is 1. The molecule has 20 heavy (non-hydrogen) atoms. The van der Waals surface area contributed by atoms with Crippen LogP contribution in [0.3, 0.4) is 0 Å². The second-order valence-corrected chi connectivity index (χ2v) is 4.67. The number of carbonyl (C=O) groups is 2. The van der Waals surface area contributed by atoms with Gasteiger partial charge in [0.15, 0.2) is 11.5 Å². The molecule has 0 amide bonds. The minimum absolute atomic E-state index is 0.0848. The van der Waals surface area contributed by atoms with Gasteiger partial charge in [0.05, 0.1) is 5.69 Å². The number of hydrogen-bond donors (Lipinski definition) is 1. The molecule has 0 spiro atoms. The number of rotatable bonds is 5. The average Bonchev–Trinajstić information content (AvgIpc) is 2.95. The summed E-state index contributed by atoms with van der Waals surface area (Å²) in [5, 5.41) is 13.0. The summed E-state index contributed by atoms with van der Waals surface area (Å²) in [4.78, 5) is 22.7. The fourth-order valence-corrected chi connectivity index (χ4v) is 2.14. The molecular formula is C14H16N2O4. The molecule has 2 heterocycles. The highest BCUT2D eigenvalue weighted by Crippen LogP contribution is 2.17. The lowest BCUT2D eigenvalue weighted by Crippen LogP contribution is -2.02. The third-order valence-corrected chi connectivity index (χ3v) is 3.35. The monoisotopic (exact) mass is 276 g/mol. The molecule has 0 aliphatic heterocycles. The zero-order chi connectivity index (χ0) is 14.9. The molecule has 0 unspecified atom stereocenters. The normalized spacial score (nSPS) is 10.8. The van der Waals surface area contributed by atoms with Crippen LogP contribution in [0.15, 0.2) is 16.5 Å². The number of Topliss-reactive ketones (excluding diaryl/α,β-unsaturated/α-hetero) is 1. The molecule has 106 valence electrons. The molecule has 0 saturated carbocycles. The van der Waals surface area contributed by atoms with Gasteiger partial charge in [-0.15, -0.1) is 0 Å². The van der Waals surface area contributed by atoms with Gasteiger partial charge in [-0.1, -0.05) is 0 Å². The van der Waals surface area contributed by atoms with E-state index in [1.54, 1.807) is 4.68 Å². The number of furan rings is 1. The molecular weight excluding hydrogens is 260 g/mol. The Morgan fingerprint density at radius 3 is 2.45 bits per heavy atom. The van der Waals surface area contributed by atoms with Gasteiger partial charge < -0.3 is 9.52 Å². The average molecular weight is 276 g/mol. The molecule has 2 aromatic heterocycles. The largest absolute Gasteiger partial charge is 0.475 e. The fraction of sp³-hybridized carbons (Fsp3) is 0.357. The first-order chi connectivity index (χ1) is 9.40. The zero-order valence-electron chi connectivity index (χ0n) is 11.6. The molecule has 0 fully saturated rings. The Labute approximate surface area is 116 Å². The van der Waals surface area contributed by atoms with Crippen LogP contribution in [-0.2, 0) is 13.5 Å². The van der Waals surface area contributed by atoms with Crippen LogP contribution in [0.1, 0.15) is 44.5 Å². The van der Waals surface area contributed by atoms with E-state index in [2.05, 4.69) is 5.10 Å². The van der Waals surface area contributed by atoms with E-state index in [0.29, 0.717) is 6.42 Å². The van der Waals surface area contributed by atoms with E-state index < -0.39 is 5.97 Å². The number of ketones is 1. The Kier molecular flexibility index (Phi) is 3.74. The molecule has 6 heteroatoms. The highest BCUT2D eigenvalue weighted by molar-refractivity contribution is 5.95. The molecule has 0 aliphatic carbocycles. The van der Waals surface area contributed by atoms with Crippen molar-refractivity contribution in [1.29, 1.82) is 0 Å². The van der Waals surface area contributed by atoms with Crippen LogP contribution >= 0.6 is 0 Å². The standard InChI is InChI=1S/C14H16N2O4/c1-8-10(9(2)16(3)15-8)4-5-11(17)12-6-7-13(20-12)14(18)19/h6-7H,4-5H2,1-3H3,(H,18,19). The molecule has 0 aliphatic rings. The first kappa shape index (κ1) is 14.0. The zero-order valence-corrected chi connectivity index (χ0v) is 11.6. The van der Waals surface area contributed by atoms with Gasteiger partial charge in [-0.05, 0) is 38.0 Å². The van der Waals surface area contributed by atoms with Crippen LogP contribution in [-0.4, -0.2) is 26.6 Å². The summed E-state index contributed by atoms with van der Waals surface area (Å²) in [6.45, 7) is 3.86. The van der Waals surface area contributed by atoms with E-state index in [0.717, 1.165) is 17.0 Å². The molecule has 0 aromatic carbocycles. The van der Waals surface area contributed by atoms with Gasteiger partial charge in [0.2, 0.25) is 5.76 Å². The third-order valence-electron chi connectivity index (χ3n) is 3.35. The molecule has 0 radical (unpaired) electrons. The van der Waals surface area contributed by atoms with Gasteiger partial charge in [0, 0.05) is 19.2 Å². The van der Waals surface area contributed by atoms with E-state index in [1.165, 1.54) is 12.1 Å². The van der Waals surface area contributed by atoms with Crippen molar-refractivity contribution in [3.05, 3.63) is 40.6 Å². The summed E-state index contributed by atoms with van der Waals surface area (Å²) in [6, 6.07) is 2.69. The minimum atomic E-state index is -1.18. The van der Waals surface area contributed by atoms with Crippen molar-refractivity contribution in [2.75, 3.05) is 0 Å². The molecule has 2 rings (SSSR count). The van der Waals surface area contributed by atoms with Crippen LogP contribution in [0.2, 0.25) is 0 Å². The predicted octanol–water partition coefficient (Wildman–Crippen LogP) is 2.14. The van der Waals surface area contributed by atoms with Crippen molar-refractivity contribution in [1.82, 2.24) is 9.78 Å². The summed E-state index contributed by atoms with van der Waals surface area (Å²) in [5.41, 5.74) is 2.98. The third kappa shape index (κ3) is 2.64. The first-order valence-corrected chi connectivity index (χ1v) is 6.25. The number of nitrogens with zero attached hydrogens (tertiary/aromatic N) is 2. The van der Waals surface area contributed by atoms with Crippen molar-refractivity contribution in [3.8, 4) is 0 Å². The number of carboxylic acids is 1. The second-order valence-electron chi connectivity index (χ2n) is 4.67. The lowest BCUT2D eigenvalue weighted by Gasteiger charge is -2.00. The second kappa shape index (κ2) is 5.32. The van der Waals surface area contributed by atoms with Gasteiger partial charge in [-0.3, -0.25) is 9.48 Å². The van der Waals surface area contributed by atoms with Crippen molar-refractivity contribution in [2.24, 2.45) is 7.05 Å². The number of carbonyl (C=O) groups excluding carboxylic acids is 1. The number of aryl methyl sites for hydroxylation is 2. The van der Waals surface area contributed by atoms with Gasteiger partial charge in [-0.2, -0.15) is 5.10 Å². The Hall–Kier alpha value is -2.37. The molecule has 1 N–H and O–H groups in total. The lowest BCUT2D eigenvalue weighted by atomic mass is 10.1. The Balaban J connectivity index is 2.06. The van der Waals surface area contributed by atoms with Gasteiger partial charge in [-0.25, -0.2) is 4.79 Å². The van der Waals surface area contributed by atoms with E-state index in [1.807, 2.05) is 20.9 Å². The Bertz CT molecular complexity index is 667. The quantitative estimate of drug-likeness (QED) is 0.846. The van der Waals surface area contributed by atoms with Gasteiger partial charge >= 0.3 is 5.97 Å². The van der Waals surface area contributed by atoms with Crippen molar-refractivity contribution in [3.63, 3.8) is 0 Å². The summed E-state index contributed by atoms with van der Waals surface area (Å²) in [5.74, 6) is -1.52. The molecule has 6 nitrogen and oxygen atoms in total. The van der Waals surface area contributed by atoms with E-state index in [-0.39, 0.29) is 23.7 Å². The number of hydrogen-bond acceptors (Lipinski definition) is 4. The predicted molar refractivity (Wildman–Crippen MR) is 71.0 cm³/mol. The maximum atomic E-state index is 12.0. The van der Waals surface area contributed by atoms with Crippen molar-refractivity contribution in [2.45, 2.75) is 26.7 Å². The SMILES string of the molecule is Cc1nn(C)c(C)c1CCC(=O)c1ccc(C(=O)O)o1. The molecule has 0 atom stereocenters. The molecule has 2 aromatic rings. The highest BCUT2D eigenvalue weighted by atomic mass is 16.4. The molecule has 0 bridgehead atoms. The summed E-state index contributed by atoms with van der Waals surface area (Å²) >= 11 is 0. The summed E-state index contributed by atoms with van der Waals surface area (Å²) in [6.07, 6.45) is 0.827. The molecule has 0 saturated heterocycles. The smallest absolute Gasteiger partial charge is 0.371 e. The van der Waals surface area contributed by atoms with Crippen LogP contribution in [0.4, 0.5) is 0 Å². The highest BCUT2D eigenvalue weighted by Gasteiger charge is 2.16. The van der Waals surface area contributed by atoms with Crippen LogP contribution in [0.5, 0.6) is 0 Å². The number of aromatic nitrogens is 2. The summed E-state index contributed by atoms with van der Waals surface area (Å²) in [7, 11) is 1.86. The topological polar surface area (TPSA) is 85.3 Å². The Morgan fingerprint density at radius 1 is 1.30 bits per heavy atom. The first-order valence-electron chi connectivity index (χ1n) is 6.25. The van der Waals surface area contributed by atoms with Gasteiger partial charge in [0.1, 0.15) is 0 Å². The van der Waals surface area contributed by atoms with Crippen LogP contribution in [0.25, 0.3) is 0 Å². The maximum absolute atomic E-state index is 12.0. The fourth-order valence-electron chi connectivity index (χ4n) is 2.14. The van der Waals surface area contributed by atoms with E-state index in [9.17, 15) is 9.59 Å². The van der Waals surface area contributed by atoms with Crippen molar-refractivity contribution >= 4 is 11.8 Å². The van der Waals surface area contributed by atoms with E-state index >= 15 is 0 Å². The summed E-state index contributed by atoms with van der Waals surface area (Å²) < 4.78 is 6.77. The Morgan fingerprint density at radius 2 is 1.95 bits per heavy atom.